The van der Waals surface area contributed by atoms with E-state index in [1.54, 1.807) is 0 Å². The minimum atomic E-state index is -0.536. The van der Waals surface area contributed by atoms with Crippen molar-refractivity contribution in [2.45, 2.75) is 6.42 Å². The SMILES string of the molecule is O=[N+]([O-])c1ccc([O-])c(C=NCCc2ccc3c(c2)OCCO3)c1. The van der Waals surface area contributed by atoms with Crippen LogP contribution in [-0.2, 0) is 6.42 Å². The van der Waals surface area contributed by atoms with Gasteiger partial charge in [0.1, 0.15) is 13.2 Å². The Hall–Kier alpha value is -3.09. The Kier molecular flexibility index (Phi) is 4.60. The zero-order valence-corrected chi connectivity index (χ0v) is 12.8. The normalized spacial score (nSPS) is 13.2. The predicted octanol–water partition coefficient (Wildman–Crippen LogP) is 2.10. The molecular formula is C17H15N2O5-. The lowest BCUT2D eigenvalue weighted by Crippen LogP contribution is -2.15. The van der Waals surface area contributed by atoms with Gasteiger partial charge in [-0.1, -0.05) is 17.9 Å². The Labute approximate surface area is 138 Å². The molecule has 0 bridgehead atoms. The van der Waals surface area contributed by atoms with E-state index in [0.717, 1.165) is 17.1 Å². The topological polar surface area (TPSA) is 97.0 Å². The lowest BCUT2D eigenvalue weighted by Gasteiger charge is -2.18. The van der Waals surface area contributed by atoms with Crippen molar-refractivity contribution < 1.29 is 19.5 Å². The number of non-ortho nitro benzene ring substituents is 1. The Bertz CT molecular complexity index is 789. The van der Waals surface area contributed by atoms with E-state index in [1.165, 1.54) is 24.4 Å². The van der Waals surface area contributed by atoms with Gasteiger partial charge in [-0.25, -0.2) is 0 Å². The van der Waals surface area contributed by atoms with Crippen molar-refractivity contribution >= 4 is 11.9 Å². The van der Waals surface area contributed by atoms with Gasteiger partial charge in [0.25, 0.3) is 5.69 Å². The number of hydrogen-bond donors (Lipinski definition) is 0. The van der Waals surface area contributed by atoms with Gasteiger partial charge < -0.3 is 14.6 Å². The molecule has 3 rings (SSSR count). The summed E-state index contributed by atoms with van der Waals surface area (Å²) >= 11 is 0. The Morgan fingerprint density at radius 1 is 1.12 bits per heavy atom. The van der Waals surface area contributed by atoms with Crippen molar-refractivity contribution in [3.63, 3.8) is 0 Å². The molecule has 0 spiro atoms. The van der Waals surface area contributed by atoms with Crippen LogP contribution in [0, 0.1) is 10.1 Å². The van der Waals surface area contributed by atoms with Crippen molar-refractivity contribution in [3.05, 3.63) is 57.6 Å². The first-order valence-corrected chi connectivity index (χ1v) is 7.47. The lowest BCUT2D eigenvalue weighted by molar-refractivity contribution is -0.385. The standard InChI is InChI=1S/C17H16N2O5/c20-15-3-2-14(19(21)22)10-13(15)11-18-6-5-12-1-4-16-17(9-12)24-8-7-23-16/h1-4,9-11,20H,5-8H2/p-1. The van der Waals surface area contributed by atoms with Crippen molar-refractivity contribution in [3.8, 4) is 17.2 Å². The van der Waals surface area contributed by atoms with Crippen molar-refractivity contribution in [1.82, 2.24) is 0 Å². The molecule has 0 radical (unpaired) electrons. The summed E-state index contributed by atoms with van der Waals surface area (Å²) in [5.41, 5.74) is 1.13. The zero-order valence-electron chi connectivity index (χ0n) is 12.8. The number of aliphatic imine (C=N–C) groups is 1. The van der Waals surface area contributed by atoms with E-state index in [-0.39, 0.29) is 17.0 Å². The van der Waals surface area contributed by atoms with Gasteiger partial charge in [0.2, 0.25) is 0 Å². The van der Waals surface area contributed by atoms with Crippen molar-refractivity contribution in [2.24, 2.45) is 4.99 Å². The third-order valence-corrected chi connectivity index (χ3v) is 3.57. The van der Waals surface area contributed by atoms with Crippen LogP contribution in [0.1, 0.15) is 11.1 Å². The zero-order chi connectivity index (χ0) is 16.9. The van der Waals surface area contributed by atoms with Gasteiger partial charge >= 0.3 is 0 Å². The van der Waals surface area contributed by atoms with Gasteiger partial charge in [-0.3, -0.25) is 15.1 Å². The first-order valence-electron chi connectivity index (χ1n) is 7.47. The maximum absolute atomic E-state index is 11.7. The maximum atomic E-state index is 11.7. The number of nitro groups is 1. The van der Waals surface area contributed by atoms with E-state index in [4.69, 9.17) is 9.47 Å². The van der Waals surface area contributed by atoms with Crippen molar-refractivity contribution in [2.75, 3.05) is 19.8 Å². The van der Waals surface area contributed by atoms with Gasteiger partial charge in [-0.05, 0) is 29.7 Å². The molecule has 0 unspecified atom stereocenters. The highest BCUT2D eigenvalue weighted by Crippen LogP contribution is 2.30. The number of fused-ring (bicyclic) bond motifs is 1. The fourth-order valence-corrected chi connectivity index (χ4v) is 2.35. The third-order valence-electron chi connectivity index (χ3n) is 3.57. The average Bonchev–Trinajstić information content (AvgIpc) is 2.59. The van der Waals surface area contributed by atoms with Gasteiger partial charge in [0, 0.05) is 24.9 Å². The summed E-state index contributed by atoms with van der Waals surface area (Å²) in [5, 5.41) is 22.4. The second-order valence-electron chi connectivity index (χ2n) is 5.24. The fraction of sp³-hybridized carbons (Fsp3) is 0.235. The van der Waals surface area contributed by atoms with Crippen LogP contribution in [0.25, 0.3) is 0 Å². The summed E-state index contributed by atoms with van der Waals surface area (Å²) in [6, 6.07) is 9.32. The third kappa shape index (κ3) is 3.62. The lowest BCUT2D eigenvalue weighted by atomic mass is 10.1. The minimum Gasteiger partial charge on any atom is -0.872 e. The molecule has 2 aromatic carbocycles. The molecule has 1 aliphatic rings. The van der Waals surface area contributed by atoms with Crippen LogP contribution in [-0.4, -0.2) is 30.9 Å². The smallest absolute Gasteiger partial charge is 0.270 e. The quantitative estimate of drug-likeness (QED) is 0.476. The first kappa shape index (κ1) is 15.8. The number of benzene rings is 2. The Morgan fingerprint density at radius 3 is 2.71 bits per heavy atom. The molecule has 0 amide bonds. The van der Waals surface area contributed by atoms with E-state index in [0.29, 0.717) is 26.2 Å². The molecule has 0 atom stereocenters. The molecule has 0 saturated carbocycles. The van der Waals surface area contributed by atoms with E-state index in [2.05, 4.69) is 4.99 Å². The minimum absolute atomic E-state index is 0.122. The number of nitrogens with zero attached hydrogens (tertiary/aromatic N) is 2. The molecule has 0 N–H and O–H groups in total. The number of ether oxygens (including phenoxy) is 2. The molecular weight excluding hydrogens is 312 g/mol. The highest BCUT2D eigenvalue weighted by Gasteiger charge is 2.11. The van der Waals surface area contributed by atoms with Crippen LogP contribution in [0.5, 0.6) is 17.2 Å². The second-order valence-corrected chi connectivity index (χ2v) is 5.24. The van der Waals surface area contributed by atoms with E-state index < -0.39 is 4.92 Å². The summed E-state index contributed by atoms with van der Waals surface area (Å²) in [5.74, 6) is 1.17. The fourth-order valence-electron chi connectivity index (χ4n) is 2.35. The molecule has 124 valence electrons. The summed E-state index contributed by atoms with van der Waals surface area (Å²) in [6.45, 7) is 1.55. The molecule has 0 aliphatic carbocycles. The number of hydrogen-bond acceptors (Lipinski definition) is 6. The van der Waals surface area contributed by atoms with E-state index in [1.807, 2.05) is 18.2 Å². The van der Waals surface area contributed by atoms with E-state index >= 15 is 0 Å². The Balaban J connectivity index is 1.63. The molecule has 7 nitrogen and oxygen atoms in total. The van der Waals surface area contributed by atoms with Crippen LogP contribution in [0.15, 0.2) is 41.4 Å². The number of rotatable bonds is 5. The molecule has 7 heteroatoms. The molecule has 0 fully saturated rings. The molecule has 0 saturated heterocycles. The second kappa shape index (κ2) is 6.99. The van der Waals surface area contributed by atoms with Gasteiger partial charge in [0.05, 0.1) is 4.92 Å². The average molecular weight is 327 g/mol. The van der Waals surface area contributed by atoms with Crippen LogP contribution >= 0.6 is 0 Å². The summed E-state index contributed by atoms with van der Waals surface area (Å²) < 4.78 is 11.0. The van der Waals surface area contributed by atoms with E-state index in [9.17, 15) is 15.2 Å². The van der Waals surface area contributed by atoms with Crippen LogP contribution < -0.4 is 14.6 Å². The summed E-state index contributed by atoms with van der Waals surface area (Å²) in [7, 11) is 0. The highest BCUT2D eigenvalue weighted by atomic mass is 16.6. The molecule has 1 aliphatic heterocycles. The maximum Gasteiger partial charge on any atom is 0.270 e. The highest BCUT2D eigenvalue weighted by molar-refractivity contribution is 5.84. The van der Waals surface area contributed by atoms with Crippen LogP contribution in [0.4, 0.5) is 5.69 Å². The largest absolute Gasteiger partial charge is 0.872 e. The summed E-state index contributed by atoms with van der Waals surface area (Å²) in [6.07, 6.45) is 2.05. The summed E-state index contributed by atoms with van der Waals surface area (Å²) in [4.78, 5) is 14.4. The Morgan fingerprint density at radius 2 is 1.92 bits per heavy atom. The monoisotopic (exact) mass is 327 g/mol. The van der Waals surface area contributed by atoms with Gasteiger partial charge in [-0.2, -0.15) is 0 Å². The first-order chi connectivity index (χ1) is 11.6. The van der Waals surface area contributed by atoms with Crippen molar-refractivity contribution in [1.29, 1.82) is 0 Å². The molecule has 1 heterocycles. The molecule has 24 heavy (non-hydrogen) atoms. The van der Waals surface area contributed by atoms with Gasteiger partial charge in [0.15, 0.2) is 11.5 Å². The van der Waals surface area contributed by atoms with Gasteiger partial charge in [-0.15, -0.1) is 0 Å². The predicted molar refractivity (Wildman–Crippen MR) is 86.1 cm³/mol. The number of nitro benzene ring substituents is 1. The molecule has 0 aromatic heterocycles. The molecule has 2 aromatic rings. The van der Waals surface area contributed by atoms with Crippen LogP contribution in [0.2, 0.25) is 0 Å². The van der Waals surface area contributed by atoms with Crippen LogP contribution in [0.3, 0.4) is 0 Å².